The number of pyridine rings is 1. The van der Waals surface area contributed by atoms with E-state index in [1.165, 1.54) is 11.3 Å². The molecule has 3 aromatic heterocycles. The molecule has 37 heavy (non-hydrogen) atoms. The number of imidazole rings is 1. The van der Waals surface area contributed by atoms with Crippen LogP contribution in [-0.4, -0.2) is 57.6 Å². The normalized spacial score (nSPS) is 17.1. The van der Waals surface area contributed by atoms with Gasteiger partial charge in [0.25, 0.3) is 5.91 Å². The van der Waals surface area contributed by atoms with E-state index in [1.807, 2.05) is 53.9 Å². The number of amides is 1. The largest absolute Gasteiger partial charge is 0.491 e. The van der Waals surface area contributed by atoms with Crippen molar-refractivity contribution in [2.75, 3.05) is 26.2 Å². The molecule has 1 aliphatic rings. The highest BCUT2D eigenvalue weighted by atomic mass is 35.5. The number of primary amides is 1. The Bertz CT molecular complexity index is 1400. The Balaban J connectivity index is 1.36. The summed E-state index contributed by atoms with van der Waals surface area (Å²) in [6, 6.07) is 13.0. The van der Waals surface area contributed by atoms with E-state index < -0.39 is 5.91 Å². The van der Waals surface area contributed by atoms with Crippen molar-refractivity contribution < 1.29 is 19.4 Å². The molecule has 0 unspecified atom stereocenters. The Morgan fingerprint density at radius 2 is 2.16 bits per heavy atom. The first-order chi connectivity index (χ1) is 17.9. The van der Waals surface area contributed by atoms with Crippen molar-refractivity contribution in [3.63, 3.8) is 0 Å². The summed E-state index contributed by atoms with van der Waals surface area (Å²) in [5.74, 6) is 0.559. The summed E-state index contributed by atoms with van der Waals surface area (Å²) in [5.41, 5.74) is 8.06. The lowest BCUT2D eigenvalue weighted by molar-refractivity contribution is 0.0632. The number of ether oxygens (including phenoxy) is 2. The van der Waals surface area contributed by atoms with Gasteiger partial charge in [-0.3, -0.25) is 14.1 Å². The third kappa shape index (κ3) is 5.75. The molecule has 194 valence electrons. The highest BCUT2D eigenvalue weighted by molar-refractivity contribution is 7.17. The van der Waals surface area contributed by atoms with Crippen LogP contribution < -0.4 is 15.2 Å². The number of hydrogen-bond donors (Lipinski definition) is 2. The summed E-state index contributed by atoms with van der Waals surface area (Å²) >= 11 is 7.59. The second-order valence-corrected chi connectivity index (χ2v) is 10.6. The number of β-amino-alcohol motifs (C(OH)–C–C–N with tert-alkyl or cyclic N) is 1. The molecule has 1 fully saturated rings. The Kier molecular flexibility index (Phi) is 7.66. The van der Waals surface area contributed by atoms with Gasteiger partial charge < -0.3 is 20.3 Å². The zero-order valence-corrected chi connectivity index (χ0v) is 22.0. The van der Waals surface area contributed by atoms with Crippen LogP contribution in [0.5, 0.6) is 11.5 Å². The lowest BCUT2D eigenvalue weighted by Gasteiger charge is -2.29. The molecule has 8 nitrogen and oxygen atoms in total. The van der Waals surface area contributed by atoms with Crippen molar-refractivity contribution in [3.05, 3.63) is 70.3 Å². The summed E-state index contributed by atoms with van der Waals surface area (Å²) in [7, 11) is 0. The molecule has 3 N–H and O–H groups in total. The average molecular weight is 541 g/mol. The zero-order chi connectivity index (χ0) is 25.9. The molecule has 4 heterocycles. The summed E-state index contributed by atoms with van der Waals surface area (Å²) < 4.78 is 14.1. The van der Waals surface area contributed by atoms with Gasteiger partial charge in [0.05, 0.1) is 29.1 Å². The number of carbonyl (C=O) groups excluding carboxylic acids is 1. The van der Waals surface area contributed by atoms with E-state index in [9.17, 15) is 9.90 Å². The van der Waals surface area contributed by atoms with E-state index in [2.05, 4.69) is 9.88 Å². The first kappa shape index (κ1) is 25.5. The summed E-state index contributed by atoms with van der Waals surface area (Å²) in [4.78, 5) is 20.1. The van der Waals surface area contributed by atoms with Crippen LogP contribution in [0.1, 0.15) is 41.1 Å². The number of piperidine rings is 1. The number of rotatable bonds is 9. The predicted molar refractivity (Wildman–Crippen MR) is 145 cm³/mol. The SMILES string of the molecule is C[C@@H](Oc1cc(-c2cnc3ccc(OCCN4CCC[C@H](O)C4)cn23)sc1C(N)=O)c1ccccc1Cl. The Hall–Kier alpha value is -3.11. The lowest BCUT2D eigenvalue weighted by Crippen LogP contribution is -2.40. The molecule has 4 aromatic rings. The molecule has 0 saturated carbocycles. The molecule has 0 radical (unpaired) electrons. The fourth-order valence-corrected chi connectivity index (χ4v) is 5.81. The molecular formula is C27H29ClN4O4S. The number of nitrogens with two attached hydrogens (primary N) is 1. The van der Waals surface area contributed by atoms with Gasteiger partial charge in [0, 0.05) is 29.7 Å². The van der Waals surface area contributed by atoms with Crippen molar-refractivity contribution in [3.8, 4) is 22.1 Å². The molecule has 0 spiro atoms. The Morgan fingerprint density at radius 3 is 2.95 bits per heavy atom. The van der Waals surface area contributed by atoms with Crippen LogP contribution in [0, 0.1) is 0 Å². The number of nitrogens with zero attached hydrogens (tertiary/aromatic N) is 3. The molecular weight excluding hydrogens is 512 g/mol. The fraction of sp³-hybridized carbons (Fsp3) is 0.333. The number of aliphatic hydroxyl groups is 1. The predicted octanol–water partition coefficient (Wildman–Crippen LogP) is 4.79. The lowest BCUT2D eigenvalue weighted by atomic mass is 10.1. The number of hydrogen-bond acceptors (Lipinski definition) is 7. The van der Waals surface area contributed by atoms with E-state index in [4.69, 9.17) is 26.8 Å². The molecule has 0 aliphatic carbocycles. The average Bonchev–Trinajstić information content (AvgIpc) is 3.48. The summed E-state index contributed by atoms with van der Waals surface area (Å²) in [6.07, 6.45) is 4.88. The molecule has 1 saturated heterocycles. The second-order valence-electron chi connectivity index (χ2n) is 9.13. The minimum atomic E-state index is -0.557. The number of likely N-dealkylation sites (tertiary alicyclic amines) is 1. The van der Waals surface area contributed by atoms with Gasteiger partial charge in [0.15, 0.2) is 0 Å². The van der Waals surface area contributed by atoms with Crippen LogP contribution in [0.4, 0.5) is 0 Å². The first-order valence-electron chi connectivity index (χ1n) is 12.2. The van der Waals surface area contributed by atoms with Gasteiger partial charge in [0.1, 0.15) is 34.7 Å². The van der Waals surface area contributed by atoms with Gasteiger partial charge in [-0.2, -0.15) is 0 Å². The van der Waals surface area contributed by atoms with E-state index in [0.717, 1.165) is 47.7 Å². The van der Waals surface area contributed by atoms with E-state index >= 15 is 0 Å². The molecule has 2 atom stereocenters. The fourth-order valence-electron chi connectivity index (χ4n) is 4.57. The Morgan fingerprint density at radius 1 is 1.32 bits per heavy atom. The maximum atomic E-state index is 12.2. The number of halogens is 1. The molecule has 10 heteroatoms. The molecule has 1 aromatic carbocycles. The minimum absolute atomic E-state index is 0.253. The molecule has 1 amide bonds. The summed E-state index contributed by atoms with van der Waals surface area (Å²) in [6.45, 7) is 4.82. The summed E-state index contributed by atoms with van der Waals surface area (Å²) in [5, 5.41) is 10.5. The third-order valence-electron chi connectivity index (χ3n) is 6.46. The zero-order valence-electron chi connectivity index (χ0n) is 20.5. The maximum Gasteiger partial charge on any atom is 0.262 e. The molecule has 1 aliphatic heterocycles. The highest BCUT2D eigenvalue weighted by Crippen LogP contribution is 2.39. The monoisotopic (exact) mass is 540 g/mol. The first-order valence-corrected chi connectivity index (χ1v) is 13.4. The van der Waals surface area contributed by atoms with Crippen LogP contribution in [0.2, 0.25) is 5.02 Å². The van der Waals surface area contributed by atoms with Gasteiger partial charge >= 0.3 is 0 Å². The van der Waals surface area contributed by atoms with Crippen LogP contribution in [0.15, 0.2) is 54.9 Å². The molecule has 0 bridgehead atoms. The van der Waals surface area contributed by atoms with Gasteiger partial charge in [-0.1, -0.05) is 29.8 Å². The van der Waals surface area contributed by atoms with Gasteiger partial charge in [-0.05, 0) is 44.5 Å². The number of thiophene rings is 1. The van der Waals surface area contributed by atoms with Crippen LogP contribution in [0.3, 0.4) is 0 Å². The number of benzene rings is 1. The number of aliphatic hydroxyl groups excluding tert-OH is 1. The third-order valence-corrected chi connectivity index (χ3v) is 7.95. The highest BCUT2D eigenvalue weighted by Gasteiger charge is 2.22. The smallest absolute Gasteiger partial charge is 0.262 e. The van der Waals surface area contributed by atoms with Crippen LogP contribution >= 0.6 is 22.9 Å². The van der Waals surface area contributed by atoms with Crippen LogP contribution in [0.25, 0.3) is 16.2 Å². The van der Waals surface area contributed by atoms with Crippen molar-refractivity contribution in [2.24, 2.45) is 5.73 Å². The van der Waals surface area contributed by atoms with Gasteiger partial charge in [-0.25, -0.2) is 4.98 Å². The van der Waals surface area contributed by atoms with E-state index in [0.29, 0.717) is 34.6 Å². The van der Waals surface area contributed by atoms with E-state index in [1.54, 1.807) is 12.3 Å². The van der Waals surface area contributed by atoms with E-state index in [-0.39, 0.29) is 12.2 Å². The van der Waals surface area contributed by atoms with Crippen molar-refractivity contribution in [2.45, 2.75) is 32.0 Å². The van der Waals surface area contributed by atoms with Gasteiger partial charge in [-0.15, -0.1) is 11.3 Å². The number of fused-ring (bicyclic) bond motifs is 1. The van der Waals surface area contributed by atoms with Crippen molar-refractivity contribution >= 4 is 34.5 Å². The molecule has 5 rings (SSSR count). The maximum absolute atomic E-state index is 12.2. The standard InChI is InChI=1S/C27H29ClN4O4S/c1-17(20-6-2-3-7-21(20)28)36-23-13-24(37-26(23)27(29)34)22-14-30-25-9-8-19(16-32(22)25)35-12-11-31-10-4-5-18(33)15-31/h2-3,6-9,13-14,16-18,33H,4-5,10-12,15H2,1H3,(H2,29,34)/t17-,18+/m1/s1. The Labute approximate surface area is 224 Å². The quantitative estimate of drug-likeness (QED) is 0.316. The topological polar surface area (TPSA) is 102 Å². The van der Waals surface area contributed by atoms with Crippen LogP contribution in [-0.2, 0) is 0 Å². The van der Waals surface area contributed by atoms with Crippen molar-refractivity contribution in [1.82, 2.24) is 14.3 Å². The number of aromatic nitrogens is 2. The number of carbonyl (C=O) groups is 1. The minimum Gasteiger partial charge on any atom is -0.491 e. The second kappa shape index (κ2) is 11.1. The van der Waals surface area contributed by atoms with Crippen molar-refractivity contribution in [1.29, 1.82) is 0 Å². The van der Waals surface area contributed by atoms with Gasteiger partial charge in [0.2, 0.25) is 0 Å².